The summed E-state index contributed by atoms with van der Waals surface area (Å²) in [7, 11) is -2.63. The van der Waals surface area contributed by atoms with E-state index < -0.39 is 12.4 Å². The van der Waals surface area contributed by atoms with E-state index >= 15 is 0 Å². The molecule has 0 amide bonds. The second-order valence-electron chi connectivity index (χ2n) is 9.74. The van der Waals surface area contributed by atoms with Crippen LogP contribution in [0.5, 0.6) is 0 Å². The zero-order valence-corrected chi connectivity index (χ0v) is 23.4. The van der Waals surface area contributed by atoms with Crippen molar-refractivity contribution in [1.29, 1.82) is 0 Å². The minimum atomic E-state index is -2.63. The zero-order chi connectivity index (χ0) is 23.9. The van der Waals surface area contributed by atoms with Gasteiger partial charge in [0.15, 0.2) is 9.89 Å². The standard InChI is InChI=1S/C27H37IO4Si/c1-5-6-19-30-24-18-17-21(32-26(28)25(24)29)20-31-33(27(2,3)4,22-13-9-7-10-14-22)23-15-11-8-12-16-23/h7-16,21,24,26H,5-6,17-20H2,1-4H3/t21-,24+,26?/m0/s1. The molecule has 3 rings (SSSR count). The van der Waals surface area contributed by atoms with Crippen LogP contribution >= 0.6 is 22.6 Å². The van der Waals surface area contributed by atoms with E-state index in [4.69, 9.17) is 13.9 Å². The molecule has 1 saturated heterocycles. The number of Topliss-reactive ketones (excluding diaryl/α,β-unsaturated/α-hetero) is 1. The lowest BCUT2D eigenvalue weighted by Gasteiger charge is -2.43. The van der Waals surface area contributed by atoms with Gasteiger partial charge in [0.1, 0.15) is 6.10 Å². The van der Waals surface area contributed by atoms with Crippen LogP contribution in [0.4, 0.5) is 0 Å². The first-order chi connectivity index (χ1) is 15.8. The topological polar surface area (TPSA) is 44.8 Å². The molecule has 0 saturated carbocycles. The van der Waals surface area contributed by atoms with E-state index in [1.807, 2.05) is 0 Å². The van der Waals surface area contributed by atoms with Crippen molar-refractivity contribution in [3.63, 3.8) is 0 Å². The number of hydrogen-bond donors (Lipinski definition) is 0. The highest BCUT2D eigenvalue weighted by Gasteiger charge is 2.50. The lowest BCUT2D eigenvalue weighted by Crippen LogP contribution is -2.67. The van der Waals surface area contributed by atoms with E-state index in [1.54, 1.807) is 0 Å². The molecular weight excluding hydrogens is 543 g/mol. The molecule has 0 spiro atoms. The van der Waals surface area contributed by atoms with Crippen LogP contribution in [0.15, 0.2) is 60.7 Å². The molecule has 6 heteroatoms. The average molecular weight is 581 g/mol. The molecule has 0 aromatic heterocycles. The van der Waals surface area contributed by atoms with E-state index in [0.717, 1.165) is 19.3 Å². The number of carbonyl (C=O) groups is 1. The summed E-state index contributed by atoms with van der Waals surface area (Å²) in [6, 6.07) is 21.3. The summed E-state index contributed by atoms with van der Waals surface area (Å²) in [5, 5.41) is 2.41. The smallest absolute Gasteiger partial charge is 0.261 e. The maximum Gasteiger partial charge on any atom is 0.261 e. The van der Waals surface area contributed by atoms with Gasteiger partial charge >= 0.3 is 0 Å². The molecule has 2 aromatic rings. The largest absolute Gasteiger partial charge is 0.405 e. The molecule has 180 valence electrons. The van der Waals surface area contributed by atoms with Gasteiger partial charge in [0.25, 0.3) is 8.32 Å². The second-order valence-corrected chi connectivity index (χ2v) is 15.2. The molecular formula is C27H37IO4Si. The SMILES string of the molecule is CCCCO[C@@H]1CC[C@@H](CO[Si](c2ccccc2)(c2ccccc2)C(C)(C)C)OC(I)C1=O. The fourth-order valence-corrected chi connectivity index (χ4v) is 9.97. The molecule has 1 heterocycles. The highest BCUT2D eigenvalue weighted by Crippen LogP contribution is 2.37. The first kappa shape index (κ1) is 26.5. The predicted molar refractivity (Wildman–Crippen MR) is 145 cm³/mol. The molecule has 4 nitrogen and oxygen atoms in total. The molecule has 0 bridgehead atoms. The van der Waals surface area contributed by atoms with Crippen molar-refractivity contribution in [2.24, 2.45) is 0 Å². The van der Waals surface area contributed by atoms with Gasteiger partial charge in [0, 0.05) is 6.61 Å². The maximum absolute atomic E-state index is 12.8. The number of benzene rings is 2. The molecule has 0 radical (unpaired) electrons. The van der Waals surface area contributed by atoms with Gasteiger partial charge in [-0.1, -0.05) is 94.8 Å². The molecule has 0 aliphatic carbocycles. The Morgan fingerprint density at radius 3 is 2.09 bits per heavy atom. The Kier molecular flexibility index (Phi) is 9.70. The quantitative estimate of drug-likeness (QED) is 0.176. The third-order valence-electron chi connectivity index (χ3n) is 6.32. The minimum absolute atomic E-state index is 0.0413. The van der Waals surface area contributed by atoms with Gasteiger partial charge in [-0.25, -0.2) is 0 Å². The van der Waals surface area contributed by atoms with Gasteiger partial charge in [-0.05, 0) is 57.3 Å². The maximum atomic E-state index is 12.8. The van der Waals surface area contributed by atoms with Crippen LogP contribution in [0.2, 0.25) is 5.04 Å². The number of ether oxygens (including phenoxy) is 2. The van der Waals surface area contributed by atoms with Crippen molar-refractivity contribution >= 4 is 47.1 Å². The first-order valence-electron chi connectivity index (χ1n) is 12.0. The predicted octanol–water partition coefficient (Wildman–Crippen LogP) is 5.26. The minimum Gasteiger partial charge on any atom is -0.405 e. The van der Waals surface area contributed by atoms with Crippen LogP contribution in [0.3, 0.4) is 0 Å². The van der Waals surface area contributed by atoms with Crippen molar-refractivity contribution in [2.45, 2.75) is 74.7 Å². The Morgan fingerprint density at radius 2 is 1.58 bits per heavy atom. The molecule has 0 N–H and O–H groups in total. The summed E-state index contributed by atoms with van der Waals surface area (Å²) in [5.41, 5.74) is 0. The first-order valence-corrected chi connectivity index (χ1v) is 15.1. The molecule has 3 atom stereocenters. The van der Waals surface area contributed by atoms with Gasteiger partial charge in [-0.2, -0.15) is 0 Å². The summed E-state index contributed by atoms with van der Waals surface area (Å²) in [5.74, 6) is 0.0413. The summed E-state index contributed by atoms with van der Waals surface area (Å²) in [6.45, 7) is 10.0. The molecule has 1 aliphatic heterocycles. The van der Waals surface area contributed by atoms with Crippen molar-refractivity contribution in [3.8, 4) is 0 Å². The summed E-state index contributed by atoms with van der Waals surface area (Å²) in [4.78, 5) is 12.8. The number of unbranched alkanes of at least 4 members (excludes halogenated alkanes) is 1. The van der Waals surface area contributed by atoms with Crippen LogP contribution < -0.4 is 10.4 Å². The van der Waals surface area contributed by atoms with Crippen molar-refractivity contribution in [2.75, 3.05) is 13.2 Å². The summed E-state index contributed by atoms with van der Waals surface area (Å²) < 4.78 is 18.6. The summed E-state index contributed by atoms with van der Waals surface area (Å²) in [6.07, 6.45) is 2.93. The number of carbonyl (C=O) groups excluding carboxylic acids is 1. The lowest BCUT2D eigenvalue weighted by atomic mass is 10.1. The van der Waals surface area contributed by atoms with Crippen LogP contribution in [0.25, 0.3) is 0 Å². The Bertz CT molecular complexity index is 829. The van der Waals surface area contributed by atoms with Crippen molar-refractivity contribution in [3.05, 3.63) is 60.7 Å². The Balaban J connectivity index is 1.85. The molecule has 1 aliphatic rings. The van der Waals surface area contributed by atoms with E-state index in [-0.39, 0.29) is 23.0 Å². The van der Waals surface area contributed by atoms with E-state index in [2.05, 4.69) is 111 Å². The number of alkyl halides is 1. The normalized spacial score (nSPS) is 22.2. The Morgan fingerprint density at radius 1 is 1.00 bits per heavy atom. The average Bonchev–Trinajstić information content (AvgIpc) is 2.94. The highest BCUT2D eigenvalue weighted by atomic mass is 127. The lowest BCUT2D eigenvalue weighted by molar-refractivity contribution is -0.135. The Hall–Kier alpha value is -1.06. The third kappa shape index (κ3) is 6.34. The van der Waals surface area contributed by atoms with E-state index in [1.165, 1.54) is 10.4 Å². The highest BCUT2D eigenvalue weighted by molar-refractivity contribution is 14.1. The molecule has 1 unspecified atom stereocenters. The van der Waals surface area contributed by atoms with Gasteiger partial charge < -0.3 is 13.9 Å². The van der Waals surface area contributed by atoms with E-state index in [0.29, 0.717) is 19.6 Å². The van der Waals surface area contributed by atoms with Crippen molar-refractivity contribution < 1.29 is 18.7 Å². The molecule has 33 heavy (non-hydrogen) atoms. The number of ketones is 1. The zero-order valence-electron chi connectivity index (χ0n) is 20.3. The van der Waals surface area contributed by atoms with Gasteiger partial charge in [0.2, 0.25) is 0 Å². The van der Waals surface area contributed by atoms with Gasteiger partial charge in [0.05, 0.1) is 12.7 Å². The number of rotatable bonds is 9. The molecule has 2 aromatic carbocycles. The molecule has 1 fully saturated rings. The van der Waals surface area contributed by atoms with Crippen LogP contribution in [0, 0.1) is 0 Å². The van der Waals surface area contributed by atoms with E-state index in [9.17, 15) is 4.79 Å². The van der Waals surface area contributed by atoms with Gasteiger partial charge in [-0.3, -0.25) is 4.79 Å². The van der Waals surface area contributed by atoms with Crippen molar-refractivity contribution in [1.82, 2.24) is 0 Å². The Labute approximate surface area is 213 Å². The van der Waals surface area contributed by atoms with Crippen LogP contribution in [-0.2, 0) is 18.7 Å². The van der Waals surface area contributed by atoms with Crippen LogP contribution in [-0.4, -0.2) is 43.6 Å². The van der Waals surface area contributed by atoms with Crippen LogP contribution in [0.1, 0.15) is 53.4 Å². The second kappa shape index (κ2) is 12.1. The summed E-state index contributed by atoms with van der Waals surface area (Å²) >= 11 is 2.10. The fraction of sp³-hybridized carbons (Fsp3) is 0.519. The van der Waals surface area contributed by atoms with Gasteiger partial charge in [-0.15, -0.1) is 0 Å². The monoisotopic (exact) mass is 580 g/mol. The number of halogens is 1. The third-order valence-corrected chi connectivity index (χ3v) is 12.2. The number of hydrogen-bond acceptors (Lipinski definition) is 4. The fourth-order valence-electron chi connectivity index (χ4n) is 4.57.